The molecule has 0 saturated heterocycles. The summed E-state index contributed by atoms with van der Waals surface area (Å²) in [6.45, 7) is 0. The van der Waals surface area contributed by atoms with Crippen LogP contribution < -0.4 is 5.32 Å². The third-order valence-electron chi connectivity index (χ3n) is 3.07. The Bertz CT molecular complexity index is 576. The van der Waals surface area contributed by atoms with Gasteiger partial charge in [0.2, 0.25) is 0 Å². The van der Waals surface area contributed by atoms with Gasteiger partial charge in [-0.15, -0.1) is 11.8 Å². The highest BCUT2D eigenvalue weighted by Gasteiger charge is 2.21. The zero-order chi connectivity index (χ0) is 14.7. The Hall–Kier alpha value is -1.46. The predicted molar refractivity (Wildman–Crippen MR) is 75.4 cm³/mol. The largest absolute Gasteiger partial charge is 0.309 e. The molecule has 106 valence electrons. The average Bonchev–Trinajstić information content (AvgIpc) is 2.43. The van der Waals surface area contributed by atoms with Crippen molar-refractivity contribution in [1.29, 1.82) is 0 Å². The maximum absolute atomic E-state index is 13.9. The molecule has 0 aromatic heterocycles. The fourth-order valence-corrected chi connectivity index (χ4v) is 2.51. The number of rotatable bonds is 4. The summed E-state index contributed by atoms with van der Waals surface area (Å²) in [5.41, 5.74) is 0.542. The van der Waals surface area contributed by atoms with Gasteiger partial charge in [0.15, 0.2) is 0 Å². The maximum Gasteiger partial charge on any atom is 0.134 e. The Kier molecular flexibility index (Phi) is 4.73. The molecule has 1 N–H and O–H groups in total. The minimum Gasteiger partial charge on any atom is -0.309 e. The van der Waals surface area contributed by atoms with Gasteiger partial charge >= 0.3 is 0 Å². The van der Waals surface area contributed by atoms with E-state index in [0.717, 1.165) is 10.5 Å². The molecule has 2 aromatic rings. The minimum absolute atomic E-state index is 0.175. The Morgan fingerprint density at radius 1 is 1.00 bits per heavy atom. The topological polar surface area (TPSA) is 12.0 Å². The first-order valence-corrected chi connectivity index (χ1v) is 7.25. The van der Waals surface area contributed by atoms with Gasteiger partial charge in [-0.3, -0.25) is 0 Å². The molecule has 0 heterocycles. The summed E-state index contributed by atoms with van der Waals surface area (Å²) in [7, 11) is 1.61. The van der Waals surface area contributed by atoms with Crippen molar-refractivity contribution in [3.63, 3.8) is 0 Å². The summed E-state index contributed by atoms with van der Waals surface area (Å²) in [5.74, 6) is -2.71. The molecule has 0 spiro atoms. The molecular formula is C15H14F3NS. The van der Waals surface area contributed by atoms with Crippen molar-refractivity contribution in [2.24, 2.45) is 0 Å². The van der Waals surface area contributed by atoms with E-state index < -0.39 is 23.5 Å². The van der Waals surface area contributed by atoms with Gasteiger partial charge in [-0.25, -0.2) is 13.2 Å². The lowest BCUT2D eigenvalue weighted by Gasteiger charge is -2.19. The van der Waals surface area contributed by atoms with Crippen LogP contribution in [0.2, 0.25) is 0 Å². The van der Waals surface area contributed by atoms with Gasteiger partial charge in [0, 0.05) is 22.6 Å². The fraction of sp³-hybridized carbons (Fsp3) is 0.200. The first-order chi connectivity index (χ1) is 9.56. The number of hydrogen-bond acceptors (Lipinski definition) is 2. The van der Waals surface area contributed by atoms with Crippen LogP contribution in [0.25, 0.3) is 0 Å². The molecule has 0 fully saturated rings. The van der Waals surface area contributed by atoms with Crippen LogP contribution >= 0.6 is 11.8 Å². The number of benzene rings is 2. The number of nitrogens with one attached hydrogen (secondary N) is 1. The highest BCUT2D eigenvalue weighted by molar-refractivity contribution is 7.98. The second kappa shape index (κ2) is 6.33. The molecule has 0 saturated carbocycles. The smallest absolute Gasteiger partial charge is 0.134 e. The summed E-state index contributed by atoms with van der Waals surface area (Å²) >= 11 is 1.58. The van der Waals surface area contributed by atoms with Crippen LogP contribution in [0.3, 0.4) is 0 Å². The van der Waals surface area contributed by atoms with Crippen LogP contribution in [0.5, 0.6) is 0 Å². The maximum atomic E-state index is 13.9. The molecule has 2 aromatic carbocycles. The van der Waals surface area contributed by atoms with Crippen LogP contribution in [0.1, 0.15) is 17.2 Å². The van der Waals surface area contributed by atoms with Crippen LogP contribution in [-0.4, -0.2) is 13.3 Å². The third-order valence-corrected chi connectivity index (χ3v) is 3.81. The van der Waals surface area contributed by atoms with Gasteiger partial charge in [0.25, 0.3) is 0 Å². The predicted octanol–water partition coefficient (Wildman–Crippen LogP) is 4.13. The van der Waals surface area contributed by atoms with E-state index in [2.05, 4.69) is 5.32 Å². The first kappa shape index (κ1) is 14.9. The molecule has 0 bridgehead atoms. The molecule has 1 atom stereocenters. The summed E-state index contributed by atoms with van der Waals surface area (Å²) in [5, 5.41) is 2.86. The van der Waals surface area contributed by atoms with Crippen LogP contribution in [-0.2, 0) is 0 Å². The summed E-state index contributed by atoms with van der Waals surface area (Å²) in [4.78, 5) is 1.06. The molecule has 2 rings (SSSR count). The molecule has 20 heavy (non-hydrogen) atoms. The quantitative estimate of drug-likeness (QED) is 0.851. The lowest BCUT2D eigenvalue weighted by atomic mass is 9.98. The van der Waals surface area contributed by atoms with Crippen molar-refractivity contribution in [3.8, 4) is 0 Å². The van der Waals surface area contributed by atoms with Crippen molar-refractivity contribution < 1.29 is 13.2 Å². The Morgan fingerprint density at radius 3 is 2.00 bits per heavy atom. The molecule has 1 unspecified atom stereocenters. The normalized spacial score (nSPS) is 12.4. The molecule has 0 amide bonds. The van der Waals surface area contributed by atoms with E-state index in [4.69, 9.17) is 0 Å². The van der Waals surface area contributed by atoms with Crippen molar-refractivity contribution in [2.75, 3.05) is 13.3 Å². The lowest BCUT2D eigenvalue weighted by Crippen LogP contribution is -2.20. The molecule has 0 aliphatic carbocycles. The molecular weight excluding hydrogens is 283 g/mol. The standard InChI is InChI=1S/C15H14F3NS/c1-19-15(9-3-5-11(20-2)6-4-9)14-12(17)7-10(16)8-13(14)18/h3-8,15,19H,1-2H3. The second-order valence-corrected chi connectivity index (χ2v) is 5.16. The van der Waals surface area contributed by atoms with Gasteiger partial charge in [0.1, 0.15) is 17.5 Å². The van der Waals surface area contributed by atoms with Crippen molar-refractivity contribution in [2.45, 2.75) is 10.9 Å². The average molecular weight is 297 g/mol. The summed E-state index contributed by atoms with van der Waals surface area (Å²) in [6.07, 6.45) is 1.95. The summed E-state index contributed by atoms with van der Waals surface area (Å²) < 4.78 is 40.7. The Morgan fingerprint density at radius 2 is 1.55 bits per heavy atom. The summed E-state index contributed by atoms with van der Waals surface area (Å²) in [6, 6.07) is 8.09. The van der Waals surface area contributed by atoms with Gasteiger partial charge < -0.3 is 5.32 Å². The zero-order valence-electron chi connectivity index (χ0n) is 11.1. The van der Waals surface area contributed by atoms with Gasteiger partial charge in [-0.05, 0) is 31.0 Å². The number of hydrogen-bond donors (Lipinski definition) is 1. The van der Waals surface area contributed by atoms with E-state index in [-0.39, 0.29) is 5.56 Å². The van der Waals surface area contributed by atoms with Crippen molar-refractivity contribution >= 4 is 11.8 Å². The Labute approximate surface area is 120 Å². The number of halogens is 3. The molecule has 1 nitrogen and oxygen atoms in total. The molecule has 0 radical (unpaired) electrons. The van der Waals surface area contributed by atoms with E-state index in [0.29, 0.717) is 12.1 Å². The fourth-order valence-electron chi connectivity index (χ4n) is 2.10. The van der Waals surface area contributed by atoms with E-state index in [1.807, 2.05) is 18.4 Å². The van der Waals surface area contributed by atoms with Gasteiger partial charge in [0.05, 0.1) is 6.04 Å². The van der Waals surface area contributed by atoms with Crippen molar-refractivity contribution in [1.82, 2.24) is 5.32 Å². The molecule has 0 aliphatic heterocycles. The minimum atomic E-state index is -0.920. The van der Waals surface area contributed by atoms with Crippen LogP contribution in [0.4, 0.5) is 13.2 Å². The van der Waals surface area contributed by atoms with E-state index in [9.17, 15) is 13.2 Å². The lowest BCUT2D eigenvalue weighted by molar-refractivity contribution is 0.500. The molecule has 0 aliphatic rings. The van der Waals surface area contributed by atoms with Crippen molar-refractivity contribution in [3.05, 3.63) is 65.0 Å². The van der Waals surface area contributed by atoms with Gasteiger partial charge in [-0.2, -0.15) is 0 Å². The highest BCUT2D eigenvalue weighted by atomic mass is 32.2. The zero-order valence-corrected chi connectivity index (χ0v) is 11.9. The van der Waals surface area contributed by atoms with Gasteiger partial charge in [-0.1, -0.05) is 12.1 Å². The van der Waals surface area contributed by atoms with E-state index in [1.165, 1.54) is 0 Å². The van der Waals surface area contributed by atoms with Crippen LogP contribution in [0.15, 0.2) is 41.3 Å². The Balaban J connectivity index is 2.46. The van der Waals surface area contributed by atoms with Crippen LogP contribution in [0, 0.1) is 17.5 Å². The third kappa shape index (κ3) is 2.99. The van der Waals surface area contributed by atoms with E-state index >= 15 is 0 Å². The monoisotopic (exact) mass is 297 g/mol. The van der Waals surface area contributed by atoms with E-state index in [1.54, 1.807) is 30.9 Å². The highest BCUT2D eigenvalue weighted by Crippen LogP contribution is 2.28. The number of thioether (sulfide) groups is 1. The second-order valence-electron chi connectivity index (χ2n) is 4.28. The SMILES string of the molecule is CNC(c1ccc(SC)cc1)c1c(F)cc(F)cc1F. The molecule has 5 heteroatoms. The first-order valence-electron chi connectivity index (χ1n) is 6.02.